The van der Waals surface area contributed by atoms with Crippen LogP contribution in [0.15, 0.2) is 47.4 Å². The number of methoxy groups -OCH3 is 1. The van der Waals surface area contributed by atoms with Crippen LogP contribution in [0.3, 0.4) is 0 Å². The van der Waals surface area contributed by atoms with Crippen LogP contribution in [0.25, 0.3) is 22.3 Å². The third-order valence-corrected chi connectivity index (χ3v) is 4.25. The second-order valence-corrected chi connectivity index (χ2v) is 5.94. The molecule has 0 bridgehead atoms. The van der Waals surface area contributed by atoms with E-state index >= 15 is 0 Å². The van der Waals surface area contributed by atoms with Gasteiger partial charge in [-0.3, -0.25) is 4.79 Å². The minimum Gasteiger partial charge on any atom is -0.494 e. The van der Waals surface area contributed by atoms with Gasteiger partial charge in [-0.25, -0.2) is 4.98 Å². The van der Waals surface area contributed by atoms with E-state index in [-0.39, 0.29) is 5.43 Å². The van der Waals surface area contributed by atoms with Crippen molar-refractivity contribution >= 4 is 22.6 Å². The fraction of sp³-hybridized carbons (Fsp3) is 0.263. The largest absolute Gasteiger partial charge is 0.494 e. The first-order valence-corrected chi connectivity index (χ1v) is 8.51. The first kappa shape index (κ1) is 17.3. The number of benzene rings is 1. The minimum absolute atomic E-state index is 0.166. The van der Waals surface area contributed by atoms with Crippen LogP contribution in [0.4, 0.5) is 0 Å². The van der Waals surface area contributed by atoms with Gasteiger partial charge in [-0.05, 0) is 42.8 Å². The normalized spacial score (nSPS) is 10.8. The first-order valence-electron chi connectivity index (χ1n) is 7.98. The number of aryl methyl sites for hydroxylation is 1. The van der Waals surface area contributed by atoms with Gasteiger partial charge < -0.3 is 14.0 Å². The third kappa shape index (κ3) is 3.33. The SMILES string of the molecule is COc1c(-c2ccc(OCCCCl)cc2)n(C)c2ncccc2c1=O. The van der Waals surface area contributed by atoms with E-state index in [1.54, 1.807) is 18.3 Å². The predicted molar refractivity (Wildman–Crippen MR) is 99.8 cm³/mol. The lowest BCUT2D eigenvalue weighted by atomic mass is 10.1. The van der Waals surface area contributed by atoms with Gasteiger partial charge in [0.1, 0.15) is 11.4 Å². The maximum absolute atomic E-state index is 12.7. The quantitative estimate of drug-likeness (QED) is 0.499. The lowest BCUT2D eigenvalue weighted by Crippen LogP contribution is -2.14. The van der Waals surface area contributed by atoms with Gasteiger partial charge in [0.05, 0.1) is 24.8 Å². The lowest BCUT2D eigenvalue weighted by molar-refractivity contribution is 0.318. The molecule has 0 amide bonds. The molecular formula is C19H19ClN2O3. The van der Waals surface area contributed by atoms with Gasteiger partial charge in [-0.1, -0.05) is 0 Å². The third-order valence-electron chi connectivity index (χ3n) is 3.98. The highest BCUT2D eigenvalue weighted by Gasteiger charge is 2.18. The van der Waals surface area contributed by atoms with Crippen molar-refractivity contribution in [3.05, 3.63) is 52.8 Å². The Kier molecular flexibility index (Phi) is 5.24. The topological polar surface area (TPSA) is 53.4 Å². The zero-order valence-electron chi connectivity index (χ0n) is 14.2. The standard InChI is InChI=1S/C19H19ClN2O3/c1-22-16(13-6-8-14(9-7-13)25-12-4-10-20)18(24-2)17(23)15-5-3-11-21-19(15)22/h3,5-9,11H,4,10,12H2,1-2H3. The fourth-order valence-corrected chi connectivity index (χ4v) is 2.91. The summed E-state index contributed by atoms with van der Waals surface area (Å²) in [6.07, 6.45) is 2.47. The van der Waals surface area contributed by atoms with Crippen molar-refractivity contribution in [2.24, 2.45) is 7.05 Å². The van der Waals surface area contributed by atoms with Gasteiger partial charge in [0, 0.05) is 24.7 Å². The zero-order chi connectivity index (χ0) is 17.8. The Morgan fingerprint density at radius 2 is 1.96 bits per heavy atom. The van der Waals surface area contributed by atoms with Crippen LogP contribution in [0.2, 0.25) is 0 Å². The predicted octanol–water partition coefficient (Wildman–Crippen LogP) is 3.62. The van der Waals surface area contributed by atoms with E-state index in [2.05, 4.69) is 4.98 Å². The second-order valence-electron chi connectivity index (χ2n) is 5.56. The molecule has 0 aliphatic carbocycles. The van der Waals surface area contributed by atoms with E-state index in [0.717, 1.165) is 17.7 Å². The van der Waals surface area contributed by atoms with E-state index in [0.29, 0.717) is 35.0 Å². The van der Waals surface area contributed by atoms with Gasteiger partial charge >= 0.3 is 0 Å². The molecule has 0 aliphatic heterocycles. The molecule has 0 spiro atoms. The van der Waals surface area contributed by atoms with Gasteiger partial charge in [0.25, 0.3) is 0 Å². The summed E-state index contributed by atoms with van der Waals surface area (Å²) in [5, 5.41) is 0.534. The average molecular weight is 359 g/mol. The molecule has 0 radical (unpaired) electrons. The molecule has 0 unspecified atom stereocenters. The molecule has 6 heteroatoms. The van der Waals surface area contributed by atoms with E-state index < -0.39 is 0 Å². The van der Waals surface area contributed by atoms with E-state index in [1.165, 1.54) is 7.11 Å². The molecule has 3 aromatic rings. The van der Waals surface area contributed by atoms with Crippen LogP contribution in [-0.4, -0.2) is 29.1 Å². The van der Waals surface area contributed by atoms with Gasteiger partial charge in [-0.2, -0.15) is 0 Å². The summed E-state index contributed by atoms with van der Waals surface area (Å²) < 4.78 is 12.9. The van der Waals surface area contributed by atoms with Gasteiger partial charge in [0.15, 0.2) is 5.75 Å². The van der Waals surface area contributed by atoms with Crippen molar-refractivity contribution in [2.75, 3.05) is 19.6 Å². The molecular weight excluding hydrogens is 340 g/mol. The molecule has 0 fully saturated rings. The Morgan fingerprint density at radius 3 is 2.64 bits per heavy atom. The van der Waals surface area contributed by atoms with E-state index in [1.807, 2.05) is 35.9 Å². The van der Waals surface area contributed by atoms with E-state index in [4.69, 9.17) is 21.1 Å². The summed E-state index contributed by atoms with van der Waals surface area (Å²) in [4.78, 5) is 17.1. The number of hydrogen-bond donors (Lipinski definition) is 0. The van der Waals surface area contributed by atoms with Crippen molar-refractivity contribution in [1.29, 1.82) is 0 Å². The number of rotatable bonds is 6. The molecule has 0 N–H and O–H groups in total. The van der Waals surface area contributed by atoms with Crippen molar-refractivity contribution in [2.45, 2.75) is 6.42 Å². The minimum atomic E-state index is -0.166. The number of pyridine rings is 2. The maximum Gasteiger partial charge on any atom is 0.233 e. The number of halogens is 1. The molecule has 3 rings (SSSR count). The Hall–Kier alpha value is -2.53. The molecule has 0 saturated carbocycles. The molecule has 5 nitrogen and oxygen atoms in total. The number of alkyl halides is 1. The van der Waals surface area contributed by atoms with Crippen molar-refractivity contribution < 1.29 is 9.47 Å². The van der Waals surface area contributed by atoms with Crippen molar-refractivity contribution in [1.82, 2.24) is 9.55 Å². The Morgan fingerprint density at radius 1 is 1.20 bits per heavy atom. The summed E-state index contributed by atoms with van der Waals surface area (Å²) in [6.45, 7) is 0.574. The monoisotopic (exact) mass is 358 g/mol. The smallest absolute Gasteiger partial charge is 0.233 e. The number of ether oxygens (including phenoxy) is 2. The van der Waals surface area contributed by atoms with Crippen LogP contribution in [0.5, 0.6) is 11.5 Å². The van der Waals surface area contributed by atoms with Crippen LogP contribution >= 0.6 is 11.6 Å². The Balaban J connectivity index is 2.09. The van der Waals surface area contributed by atoms with Crippen molar-refractivity contribution in [3.63, 3.8) is 0 Å². The summed E-state index contributed by atoms with van der Waals surface area (Å²) in [6, 6.07) is 11.1. The lowest BCUT2D eigenvalue weighted by Gasteiger charge is -2.16. The Labute approximate surface area is 150 Å². The van der Waals surface area contributed by atoms with Crippen LogP contribution in [-0.2, 0) is 7.05 Å². The zero-order valence-corrected chi connectivity index (χ0v) is 14.9. The molecule has 0 atom stereocenters. The molecule has 1 aromatic carbocycles. The second kappa shape index (κ2) is 7.57. The summed E-state index contributed by atoms with van der Waals surface area (Å²) in [5.74, 6) is 1.64. The Bertz CT molecular complexity index is 936. The summed E-state index contributed by atoms with van der Waals surface area (Å²) in [5.41, 5.74) is 1.99. The van der Waals surface area contributed by atoms with Gasteiger partial charge in [0.2, 0.25) is 5.43 Å². The maximum atomic E-state index is 12.7. The molecule has 25 heavy (non-hydrogen) atoms. The number of hydrogen-bond acceptors (Lipinski definition) is 4. The van der Waals surface area contributed by atoms with Crippen LogP contribution in [0, 0.1) is 0 Å². The highest BCUT2D eigenvalue weighted by Crippen LogP contribution is 2.30. The fourth-order valence-electron chi connectivity index (χ4n) is 2.80. The molecule has 0 aliphatic rings. The van der Waals surface area contributed by atoms with Crippen molar-refractivity contribution in [3.8, 4) is 22.8 Å². The average Bonchev–Trinajstić information content (AvgIpc) is 2.65. The number of aromatic nitrogens is 2. The summed E-state index contributed by atoms with van der Waals surface area (Å²) in [7, 11) is 3.38. The number of nitrogens with zero attached hydrogens (tertiary/aromatic N) is 2. The van der Waals surface area contributed by atoms with Crippen LogP contribution < -0.4 is 14.9 Å². The van der Waals surface area contributed by atoms with Crippen LogP contribution in [0.1, 0.15) is 6.42 Å². The molecule has 130 valence electrons. The highest BCUT2D eigenvalue weighted by molar-refractivity contribution is 6.17. The van der Waals surface area contributed by atoms with E-state index in [9.17, 15) is 4.79 Å². The molecule has 2 heterocycles. The van der Waals surface area contributed by atoms with Gasteiger partial charge in [-0.15, -0.1) is 11.6 Å². The molecule has 0 saturated heterocycles. The number of fused-ring (bicyclic) bond motifs is 1. The first-order chi connectivity index (χ1) is 12.2. The highest BCUT2D eigenvalue weighted by atomic mass is 35.5. The molecule has 2 aromatic heterocycles. The summed E-state index contributed by atoms with van der Waals surface area (Å²) >= 11 is 5.65.